The maximum atomic E-state index is 14.9. The molecule has 3 heterocycles. The van der Waals surface area contributed by atoms with Crippen molar-refractivity contribution in [1.29, 1.82) is 0 Å². The standard InChI is InChI=1S/C28H27FN8O3/c1-16(2)22-14-26(37(35-22)17-5-8-25-23(11-17)32-15-36(25)4)34-28(39)33-21-7-6-18(12-20(21)29)40-19-9-10-31-24(13-19)27(38)30-3/h5-16H,1-4H3,(H,30,38)(H2,33,34,39). The summed E-state index contributed by atoms with van der Waals surface area (Å²) in [4.78, 5) is 33.1. The molecule has 11 nitrogen and oxygen atoms in total. The lowest BCUT2D eigenvalue weighted by molar-refractivity contribution is 0.0957. The van der Waals surface area contributed by atoms with Gasteiger partial charge in [0, 0.05) is 38.5 Å². The number of hydrogen-bond acceptors (Lipinski definition) is 6. The van der Waals surface area contributed by atoms with Gasteiger partial charge in [-0.3, -0.25) is 15.1 Å². The molecular weight excluding hydrogens is 515 g/mol. The minimum absolute atomic E-state index is 0.0457. The van der Waals surface area contributed by atoms with Gasteiger partial charge in [0.05, 0.1) is 34.4 Å². The predicted octanol–water partition coefficient (Wildman–Crippen LogP) is 5.21. The van der Waals surface area contributed by atoms with Crippen LogP contribution in [-0.2, 0) is 7.05 Å². The summed E-state index contributed by atoms with van der Waals surface area (Å²) in [7, 11) is 3.41. The molecule has 204 valence electrons. The van der Waals surface area contributed by atoms with Crippen molar-refractivity contribution in [2.75, 3.05) is 17.7 Å². The van der Waals surface area contributed by atoms with E-state index in [9.17, 15) is 14.0 Å². The molecule has 3 aromatic heterocycles. The molecule has 0 saturated heterocycles. The van der Waals surface area contributed by atoms with Crippen LogP contribution >= 0.6 is 0 Å². The summed E-state index contributed by atoms with van der Waals surface area (Å²) in [5, 5.41) is 12.4. The molecule has 40 heavy (non-hydrogen) atoms. The molecule has 2 aromatic carbocycles. The zero-order valence-corrected chi connectivity index (χ0v) is 22.3. The minimum Gasteiger partial charge on any atom is -0.457 e. The Labute approximate surface area is 229 Å². The van der Waals surface area contributed by atoms with Crippen LogP contribution in [0.2, 0.25) is 0 Å². The third-order valence-electron chi connectivity index (χ3n) is 6.13. The molecule has 0 spiro atoms. The number of benzene rings is 2. The van der Waals surface area contributed by atoms with Crippen LogP contribution in [0.25, 0.3) is 16.7 Å². The van der Waals surface area contributed by atoms with Crippen molar-refractivity contribution in [3.63, 3.8) is 0 Å². The van der Waals surface area contributed by atoms with E-state index in [2.05, 4.69) is 31.0 Å². The number of carbonyl (C=O) groups excluding carboxylic acids is 2. The van der Waals surface area contributed by atoms with Gasteiger partial charge in [-0.05, 0) is 42.3 Å². The van der Waals surface area contributed by atoms with Crippen LogP contribution in [0.3, 0.4) is 0 Å². The summed E-state index contributed by atoms with van der Waals surface area (Å²) in [5.74, 6) is -0.0547. The number of aryl methyl sites for hydroxylation is 1. The Balaban J connectivity index is 1.32. The third-order valence-corrected chi connectivity index (χ3v) is 6.13. The molecular formula is C28H27FN8O3. The van der Waals surface area contributed by atoms with Crippen LogP contribution in [-0.4, -0.2) is 43.3 Å². The van der Waals surface area contributed by atoms with Crippen LogP contribution in [0.5, 0.6) is 11.5 Å². The molecule has 0 fully saturated rings. The number of fused-ring (bicyclic) bond motifs is 1. The van der Waals surface area contributed by atoms with E-state index in [-0.39, 0.29) is 29.0 Å². The molecule has 3 N–H and O–H groups in total. The molecule has 0 atom stereocenters. The zero-order valence-electron chi connectivity index (χ0n) is 22.3. The van der Waals surface area contributed by atoms with Crippen molar-refractivity contribution < 1.29 is 18.7 Å². The molecule has 0 aliphatic rings. The number of carbonyl (C=O) groups is 2. The number of rotatable bonds is 7. The van der Waals surface area contributed by atoms with Crippen molar-refractivity contribution in [1.82, 2.24) is 29.6 Å². The van der Waals surface area contributed by atoms with Gasteiger partial charge >= 0.3 is 6.03 Å². The zero-order chi connectivity index (χ0) is 28.4. The van der Waals surface area contributed by atoms with E-state index in [1.807, 2.05) is 43.7 Å². The Morgan fingerprint density at radius 1 is 0.975 bits per heavy atom. The number of ether oxygens (including phenoxy) is 1. The van der Waals surface area contributed by atoms with Gasteiger partial charge in [0.1, 0.15) is 28.8 Å². The predicted molar refractivity (Wildman–Crippen MR) is 149 cm³/mol. The molecule has 5 rings (SSSR count). The summed E-state index contributed by atoms with van der Waals surface area (Å²) < 4.78 is 24.1. The first-order chi connectivity index (χ1) is 19.2. The SMILES string of the molecule is CNC(=O)c1cc(Oc2ccc(NC(=O)Nc3cc(C(C)C)nn3-c3ccc4c(c3)ncn4C)c(F)c2)ccn1. The first kappa shape index (κ1) is 26.4. The fraction of sp³-hybridized carbons (Fsp3) is 0.179. The fourth-order valence-corrected chi connectivity index (χ4v) is 4.02. The summed E-state index contributed by atoms with van der Waals surface area (Å²) in [6.45, 7) is 4.01. The largest absolute Gasteiger partial charge is 0.457 e. The first-order valence-corrected chi connectivity index (χ1v) is 12.5. The molecule has 0 bridgehead atoms. The molecule has 0 saturated carbocycles. The highest BCUT2D eigenvalue weighted by molar-refractivity contribution is 5.99. The molecule has 0 aliphatic carbocycles. The van der Waals surface area contributed by atoms with Gasteiger partial charge in [0.25, 0.3) is 5.91 Å². The number of anilines is 2. The summed E-state index contributed by atoms with van der Waals surface area (Å²) in [5.41, 5.74) is 3.37. The molecule has 0 radical (unpaired) electrons. The van der Waals surface area contributed by atoms with E-state index >= 15 is 0 Å². The molecule has 0 aliphatic heterocycles. The average molecular weight is 543 g/mol. The van der Waals surface area contributed by atoms with Gasteiger partial charge in [-0.1, -0.05) is 13.8 Å². The maximum Gasteiger partial charge on any atom is 0.324 e. The van der Waals surface area contributed by atoms with Crippen LogP contribution in [0, 0.1) is 5.82 Å². The number of halogens is 1. The second-order valence-corrected chi connectivity index (χ2v) is 9.33. The van der Waals surface area contributed by atoms with Crippen molar-refractivity contribution in [3.05, 3.63) is 84.3 Å². The number of nitrogens with one attached hydrogen (secondary N) is 3. The molecule has 12 heteroatoms. The number of nitrogens with zero attached hydrogens (tertiary/aromatic N) is 5. The van der Waals surface area contributed by atoms with Gasteiger partial charge in [0.2, 0.25) is 0 Å². The summed E-state index contributed by atoms with van der Waals surface area (Å²) >= 11 is 0. The first-order valence-electron chi connectivity index (χ1n) is 12.5. The van der Waals surface area contributed by atoms with Gasteiger partial charge in [-0.25, -0.2) is 18.9 Å². The van der Waals surface area contributed by atoms with Crippen molar-refractivity contribution >= 4 is 34.5 Å². The van der Waals surface area contributed by atoms with Gasteiger partial charge < -0.3 is 19.9 Å². The van der Waals surface area contributed by atoms with E-state index in [4.69, 9.17) is 4.74 Å². The Bertz CT molecular complexity index is 1730. The van der Waals surface area contributed by atoms with Gasteiger partial charge in [-0.15, -0.1) is 0 Å². The lowest BCUT2D eigenvalue weighted by Crippen LogP contribution is -2.22. The van der Waals surface area contributed by atoms with Crippen molar-refractivity contribution in [2.24, 2.45) is 7.05 Å². The quantitative estimate of drug-likeness (QED) is 0.259. The second kappa shape index (κ2) is 10.8. The van der Waals surface area contributed by atoms with Gasteiger partial charge in [0.15, 0.2) is 0 Å². The number of hydrogen-bond donors (Lipinski definition) is 3. The monoisotopic (exact) mass is 542 g/mol. The Morgan fingerprint density at radius 2 is 1.77 bits per heavy atom. The lowest BCUT2D eigenvalue weighted by atomic mass is 10.1. The summed E-state index contributed by atoms with van der Waals surface area (Å²) in [6.07, 6.45) is 3.15. The number of imidazole rings is 1. The Kier molecular flexibility index (Phi) is 7.15. The maximum absolute atomic E-state index is 14.9. The van der Waals surface area contributed by atoms with E-state index < -0.39 is 11.8 Å². The number of urea groups is 1. The minimum atomic E-state index is -0.704. The number of aromatic nitrogens is 5. The van der Waals surface area contributed by atoms with Crippen LogP contribution in [0.1, 0.15) is 35.9 Å². The second-order valence-electron chi connectivity index (χ2n) is 9.33. The fourth-order valence-electron chi connectivity index (χ4n) is 4.02. The van der Waals surface area contributed by atoms with E-state index in [1.54, 1.807) is 23.1 Å². The van der Waals surface area contributed by atoms with Crippen LogP contribution in [0.4, 0.5) is 20.7 Å². The van der Waals surface area contributed by atoms with Gasteiger partial charge in [-0.2, -0.15) is 5.10 Å². The van der Waals surface area contributed by atoms with Crippen LogP contribution in [0.15, 0.2) is 67.1 Å². The molecule has 5 aromatic rings. The highest BCUT2D eigenvalue weighted by Crippen LogP contribution is 2.27. The van der Waals surface area contributed by atoms with E-state index in [0.29, 0.717) is 11.6 Å². The Hall–Kier alpha value is -5.26. The van der Waals surface area contributed by atoms with Crippen molar-refractivity contribution in [3.8, 4) is 17.2 Å². The highest BCUT2D eigenvalue weighted by Gasteiger charge is 2.17. The average Bonchev–Trinajstić information content (AvgIpc) is 3.53. The van der Waals surface area contributed by atoms with Crippen molar-refractivity contribution in [2.45, 2.75) is 19.8 Å². The molecule has 0 unspecified atom stereocenters. The highest BCUT2D eigenvalue weighted by atomic mass is 19.1. The summed E-state index contributed by atoms with van der Waals surface area (Å²) in [6, 6.07) is 13.9. The number of amides is 3. The molecule has 3 amide bonds. The number of pyridine rings is 1. The smallest absolute Gasteiger partial charge is 0.324 e. The van der Waals surface area contributed by atoms with E-state index in [1.165, 1.54) is 31.4 Å². The lowest BCUT2D eigenvalue weighted by Gasteiger charge is -2.12. The van der Waals surface area contributed by atoms with Crippen LogP contribution < -0.4 is 20.7 Å². The normalized spacial score (nSPS) is 11.1. The Morgan fingerprint density at radius 3 is 2.52 bits per heavy atom. The topological polar surface area (TPSA) is 128 Å². The van der Waals surface area contributed by atoms with E-state index in [0.717, 1.165) is 28.5 Å². The third kappa shape index (κ3) is 5.46.